The van der Waals surface area contributed by atoms with Crippen LogP contribution < -0.4 is 5.73 Å². The molecule has 5 nitrogen and oxygen atoms in total. The van der Waals surface area contributed by atoms with Crippen LogP contribution in [0.25, 0.3) is 0 Å². The monoisotopic (exact) mass is 311 g/mol. The first-order chi connectivity index (χ1) is 9.95. The lowest BCUT2D eigenvalue weighted by atomic mass is 10.0. The van der Waals surface area contributed by atoms with Crippen LogP contribution in [0.3, 0.4) is 0 Å². The lowest BCUT2D eigenvalue weighted by Gasteiger charge is -2.33. The van der Waals surface area contributed by atoms with Gasteiger partial charge in [0.1, 0.15) is 0 Å². The largest absolute Gasteiger partial charge is 0.398 e. The minimum absolute atomic E-state index is 0.331. The maximum atomic E-state index is 12.8. The highest BCUT2D eigenvalue weighted by molar-refractivity contribution is 7.86. The predicted octanol–water partition coefficient (Wildman–Crippen LogP) is 2.07. The van der Waals surface area contributed by atoms with E-state index in [-0.39, 0.29) is 0 Å². The zero-order valence-electron chi connectivity index (χ0n) is 12.8. The smallest absolute Gasteiger partial charge is 0.282 e. The van der Waals surface area contributed by atoms with E-state index in [9.17, 15) is 8.42 Å². The fourth-order valence-corrected chi connectivity index (χ4v) is 4.23. The van der Waals surface area contributed by atoms with Crippen LogP contribution in [0.4, 0.5) is 5.69 Å². The second kappa shape index (κ2) is 6.77. The lowest BCUT2D eigenvalue weighted by Crippen LogP contribution is -2.46. The molecule has 0 aromatic heterocycles. The minimum Gasteiger partial charge on any atom is -0.398 e. The molecule has 1 aromatic carbocycles. The van der Waals surface area contributed by atoms with Crippen molar-refractivity contribution in [2.45, 2.75) is 33.2 Å². The summed E-state index contributed by atoms with van der Waals surface area (Å²) < 4.78 is 28.6. The number of nitrogens with zero attached hydrogens (tertiary/aromatic N) is 2. The van der Waals surface area contributed by atoms with Crippen molar-refractivity contribution in [2.75, 3.05) is 25.4 Å². The van der Waals surface area contributed by atoms with Gasteiger partial charge in [0.25, 0.3) is 10.2 Å². The van der Waals surface area contributed by atoms with E-state index in [0.717, 1.165) is 18.4 Å². The van der Waals surface area contributed by atoms with Crippen molar-refractivity contribution in [3.8, 4) is 0 Å². The summed E-state index contributed by atoms with van der Waals surface area (Å²) in [6, 6.07) is 7.43. The Hall–Kier alpha value is -1.11. The van der Waals surface area contributed by atoms with E-state index in [4.69, 9.17) is 5.73 Å². The second-order valence-electron chi connectivity index (χ2n) is 5.71. The third-order valence-corrected chi connectivity index (χ3v) is 6.21. The van der Waals surface area contributed by atoms with Gasteiger partial charge in [0.05, 0.1) is 0 Å². The van der Waals surface area contributed by atoms with Crippen LogP contribution >= 0.6 is 0 Å². The lowest BCUT2D eigenvalue weighted by molar-refractivity contribution is 0.264. The van der Waals surface area contributed by atoms with E-state index in [2.05, 4.69) is 6.92 Å². The molecule has 0 atom stereocenters. The average molecular weight is 311 g/mol. The van der Waals surface area contributed by atoms with Gasteiger partial charge in [0.2, 0.25) is 0 Å². The Morgan fingerprint density at radius 3 is 2.48 bits per heavy atom. The third kappa shape index (κ3) is 3.75. The summed E-state index contributed by atoms with van der Waals surface area (Å²) in [6.07, 6.45) is 1.87. The molecule has 0 aliphatic carbocycles. The first-order valence-corrected chi connectivity index (χ1v) is 8.93. The van der Waals surface area contributed by atoms with Gasteiger partial charge in [-0.15, -0.1) is 0 Å². The van der Waals surface area contributed by atoms with Crippen molar-refractivity contribution in [3.63, 3.8) is 0 Å². The molecule has 0 unspecified atom stereocenters. The Bertz CT molecular complexity index is 566. The Morgan fingerprint density at radius 1 is 1.29 bits per heavy atom. The van der Waals surface area contributed by atoms with Crippen molar-refractivity contribution in [1.29, 1.82) is 0 Å². The molecule has 1 fully saturated rings. The topological polar surface area (TPSA) is 66.6 Å². The van der Waals surface area contributed by atoms with Crippen LogP contribution in [0.5, 0.6) is 0 Å². The summed E-state index contributed by atoms with van der Waals surface area (Å²) >= 11 is 0. The zero-order valence-corrected chi connectivity index (χ0v) is 13.6. The molecule has 0 radical (unpaired) electrons. The highest BCUT2D eigenvalue weighted by Crippen LogP contribution is 2.23. The molecule has 0 spiro atoms. The molecule has 2 rings (SSSR count). The molecular weight excluding hydrogens is 286 g/mol. The number of benzene rings is 1. The van der Waals surface area contributed by atoms with Gasteiger partial charge in [-0.25, -0.2) is 0 Å². The van der Waals surface area contributed by atoms with E-state index in [1.807, 2.05) is 25.1 Å². The van der Waals surface area contributed by atoms with Crippen LogP contribution in [0, 0.1) is 5.92 Å². The Morgan fingerprint density at radius 2 is 1.90 bits per heavy atom. The summed E-state index contributed by atoms with van der Waals surface area (Å²) in [7, 11) is -3.40. The first-order valence-electron chi connectivity index (χ1n) is 7.53. The Balaban J connectivity index is 2.14. The second-order valence-corrected chi connectivity index (χ2v) is 7.64. The molecule has 2 N–H and O–H groups in total. The quantitative estimate of drug-likeness (QED) is 0.847. The summed E-state index contributed by atoms with van der Waals surface area (Å²) in [5.41, 5.74) is 7.42. The molecule has 1 aliphatic heterocycles. The van der Waals surface area contributed by atoms with Gasteiger partial charge in [-0.3, -0.25) is 0 Å². The number of para-hydroxylation sites is 1. The van der Waals surface area contributed by atoms with E-state index >= 15 is 0 Å². The molecular formula is C15H25N3O2S. The molecule has 1 saturated heterocycles. The maximum Gasteiger partial charge on any atom is 0.282 e. The zero-order chi connectivity index (χ0) is 15.5. The fourth-order valence-electron chi connectivity index (χ4n) is 2.60. The highest BCUT2D eigenvalue weighted by atomic mass is 32.2. The normalized spacial score (nSPS) is 18.2. The fraction of sp³-hybridized carbons (Fsp3) is 0.600. The number of hydrogen-bond donors (Lipinski definition) is 1. The van der Waals surface area contributed by atoms with Crippen molar-refractivity contribution >= 4 is 15.9 Å². The number of piperidine rings is 1. The van der Waals surface area contributed by atoms with Gasteiger partial charge < -0.3 is 5.73 Å². The van der Waals surface area contributed by atoms with Gasteiger partial charge in [-0.05, 0) is 30.4 Å². The molecule has 1 heterocycles. The predicted molar refractivity (Wildman–Crippen MR) is 85.8 cm³/mol. The molecule has 0 saturated carbocycles. The van der Waals surface area contributed by atoms with Crippen molar-refractivity contribution in [3.05, 3.63) is 29.8 Å². The van der Waals surface area contributed by atoms with E-state index in [1.165, 1.54) is 4.31 Å². The molecule has 0 bridgehead atoms. The average Bonchev–Trinajstić information content (AvgIpc) is 2.46. The van der Waals surface area contributed by atoms with Gasteiger partial charge in [-0.2, -0.15) is 17.0 Å². The summed E-state index contributed by atoms with van der Waals surface area (Å²) in [6.45, 7) is 6.05. The van der Waals surface area contributed by atoms with Crippen LogP contribution in [0.1, 0.15) is 32.3 Å². The summed E-state index contributed by atoms with van der Waals surface area (Å²) in [4.78, 5) is 0. The first kappa shape index (κ1) is 16.3. The highest BCUT2D eigenvalue weighted by Gasteiger charge is 2.31. The van der Waals surface area contributed by atoms with Gasteiger partial charge in [-0.1, -0.05) is 32.0 Å². The molecule has 118 valence electrons. The number of nitrogens with two attached hydrogens (primary N) is 1. The van der Waals surface area contributed by atoms with Crippen LogP contribution in [0.15, 0.2) is 24.3 Å². The summed E-state index contributed by atoms with van der Waals surface area (Å²) in [5, 5.41) is 0. The van der Waals surface area contributed by atoms with E-state index in [0.29, 0.717) is 37.8 Å². The number of hydrogen-bond acceptors (Lipinski definition) is 3. The van der Waals surface area contributed by atoms with Crippen LogP contribution in [-0.2, 0) is 16.8 Å². The molecule has 21 heavy (non-hydrogen) atoms. The van der Waals surface area contributed by atoms with Gasteiger partial charge in [0.15, 0.2) is 0 Å². The van der Waals surface area contributed by atoms with Crippen molar-refractivity contribution in [1.82, 2.24) is 8.61 Å². The SMILES string of the molecule is CCN(Cc1ccccc1N)S(=O)(=O)N1CCC(C)CC1. The molecule has 0 amide bonds. The van der Waals surface area contributed by atoms with Gasteiger partial charge >= 0.3 is 0 Å². The molecule has 1 aliphatic rings. The van der Waals surface area contributed by atoms with E-state index in [1.54, 1.807) is 10.4 Å². The molecule has 1 aromatic rings. The van der Waals surface area contributed by atoms with Crippen LogP contribution in [-0.4, -0.2) is 36.7 Å². The minimum atomic E-state index is -3.40. The van der Waals surface area contributed by atoms with Crippen LogP contribution in [0.2, 0.25) is 0 Å². The number of rotatable bonds is 5. The number of nitrogen functional groups attached to an aromatic ring is 1. The third-order valence-electron chi connectivity index (χ3n) is 4.15. The van der Waals surface area contributed by atoms with E-state index < -0.39 is 10.2 Å². The summed E-state index contributed by atoms with van der Waals surface area (Å²) in [5.74, 6) is 0.608. The van der Waals surface area contributed by atoms with Crippen molar-refractivity contribution < 1.29 is 8.42 Å². The van der Waals surface area contributed by atoms with Gasteiger partial charge in [0, 0.05) is 31.9 Å². The maximum absolute atomic E-state index is 12.8. The molecule has 6 heteroatoms. The Labute approximate surface area is 127 Å². The van der Waals surface area contributed by atoms with Crippen molar-refractivity contribution in [2.24, 2.45) is 5.92 Å². The number of anilines is 1. The Kier molecular flexibility index (Phi) is 5.24. The standard InChI is InChI=1S/C15H25N3O2S/c1-3-17(12-14-6-4-5-7-15(14)16)21(19,20)18-10-8-13(2)9-11-18/h4-7,13H,3,8-12,16H2,1-2H3.